The maximum absolute atomic E-state index is 5.66. The van der Waals surface area contributed by atoms with Crippen LogP contribution in [0.15, 0.2) is 0 Å². The van der Waals surface area contributed by atoms with E-state index in [2.05, 4.69) is 26.1 Å². The highest BCUT2D eigenvalue weighted by molar-refractivity contribution is 4.65. The average Bonchev–Trinajstić information content (AvgIpc) is 2.10. The molecule has 0 bridgehead atoms. The van der Waals surface area contributed by atoms with Crippen LogP contribution >= 0.6 is 0 Å². The molecule has 0 aliphatic heterocycles. The van der Waals surface area contributed by atoms with E-state index < -0.39 is 0 Å². The van der Waals surface area contributed by atoms with Crippen molar-refractivity contribution in [1.82, 2.24) is 5.32 Å². The quantitative estimate of drug-likeness (QED) is 0.584. The van der Waals surface area contributed by atoms with Crippen molar-refractivity contribution in [3.05, 3.63) is 0 Å². The number of rotatable bonds is 8. The Morgan fingerprint density at radius 3 is 2.38 bits per heavy atom. The van der Waals surface area contributed by atoms with Crippen LogP contribution in [-0.2, 0) is 9.47 Å². The standard InChI is InChI=1S/C10H23NO2/c1-5-11-8-10(9(2)3)13-7-6-12-4/h9-11H,5-8H2,1-4H3. The summed E-state index contributed by atoms with van der Waals surface area (Å²) in [6.45, 7) is 9.74. The fourth-order valence-corrected chi connectivity index (χ4v) is 1.06. The number of hydrogen-bond acceptors (Lipinski definition) is 3. The van der Waals surface area contributed by atoms with Gasteiger partial charge in [0.1, 0.15) is 0 Å². The molecular formula is C10H23NO2. The van der Waals surface area contributed by atoms with Crippen LogP contribution in [0, 0.1) is 5.92 Å². The second-order valence-electron chi connectivity index (χ2n) is 3.45. The Bertz CT molecular complexity index is 107. The zero-order chi connectivity index (χ0) is 10.1. The van der Waals surface area contributed by atoms with Crippen LogP contribution in [0.3, 0.4) is 0 Å². The Hall–Kier alpha value is -0.120. The van der Waals surface area contributed by atoms with E-state index in [1.807, 2.05) is 0 Å². The van der Waals surface area contributed by atoms with Gasteiger partial charge >= 0.3 is 0 Å². The SMILES string of the molecule is CCNCC(OCCOC)C(C)C. The van der Waals surface area contributed by atoms with E-state index in [-0.39, 0.29) is 0 Å². The fraction of sp³-hybridized carbons (Fsp3) is 1.00. The van der Waals surface area contributed by atoms with E-state index in [0.29, 0.717) is 25.2 Å². The van der Waals surface area contributed by atoms with Gasteiger partial charge < -0.3 is 14.8 Å². The van der Waals surface area contributed by atoms with Crippen LogP contribution in [0.2, 0.25) is 0 Å². The molecule has 0 aliphatic rings. The summed E-state index contributed by atoms with van der Waals surface area (Å²) in [5.74, 6) is 0.552. The summed E-state index contributed by atoms with van der Waals surface area (Å²) in [7, 11) is 1.69. The van der Waals surface area contributed by atoms with Gasteiger partial charge in [-0.05, 0) is 12.5 Å². The second-order valence-corrected chi connectivity index (χ2v) is 3.45. The highest BCUT2D eigenvalue weighted by Gasteiger charge is 2.12. The van der Waals surface area contributed by atoms with Gasteiger partial charge in [-0.25, -0.2) is 0 Å². The third-order valence-electron chi connectivity index (χ3n) is 1.96. The summed E-state index contributed by atoms with van der Waals surface area (Å²) < 4.78 is 10.6. The van der Waals surface area contributed by atoms with Crippen molar-refractivity contribution in [2.24, 2.45) is 5.92 Å². The van der Waals surface area contributed by atoms with Crippen LogP contribution < -0.4 is 5.32 Å². The van der Waals surface area contributed by atoms with Crippen molar-refractivity contribution >= 4 is 0 Å². The molecule has 1 N–H and O–H groups in total. The van der Waals surface area contributed by atoms with E-state index >= 15 is 0 Å². The van der Waals surface area contributed by atoms with Gasteiger partial charge in [-0.1, -0.05) is 20.8 Å². The van der Waals surface area contributed by atoms with Crippen molar-refractivity contribution in [2.45, 2.75) is 26.9 Å². The fourth-order valence-electron chi connectivity index (χ4n) is 1.06. The van der Waals surface area contributed by atoms with Gasteiger partial charge in [-0.2, -0.15) is 0 Å². The summed E-state index contributed by atoms with van der Waals surface area (Å²) in [5, 5.41) is 3.29. The maximum Gasteiger partial charge on any atom is 0.0723 e. The molecule has 0 aromatic carbocycles. The first-order valence-electron chi connectivity index (χ1n) is 5.03. The third-order valence-corrected chi connectivity index (χ3v) is 1.96. The normalized spacial score (nSPS) is 13.6. The van der Waals surface area contributed by atoms with E-state index in [0.717, 1.165) is 13.1 Å². The Morgan fingerprint density at radius 2 is 1.92 bits per heavy atom. The van der Waals surface area contributed by atoms with E-state index in [9.17, 15) is 0 Å². The maximum atomic E-state index is 5.66. The molecule has 0 aromatic rings. The van der Waals surface area contributed by atoms with Crippen LogP contribution in [0.4, 0.5) is 0 Å². The molecule has 0 radical (unpaired) electrons. The molecule has 0 aromatic heterocycles. The van der Waals surface area contributed by atoms with Gasteiger partial charge in [0.2, 0.25) is 0 Å². The lowest BCUT2D eigenvalue weighted by Gasteiger charge is -2.21. The van der Waals surface area contributed by atoms with Crippen molar-refractivity contribution in [1.29, 1.82) is 0 Å². The van der Waals surface area contributed by atoms with Crippen LogP contribution in [0.5, 0.6) is 0 Å². The zero-order valence-electron chi connectivity index (χ0n) is 9.30. The Morgan fingerprint density at radius 1 is 1.23 bits per heavy atom. The van der Waals surface area contributed by atoms with E-state index in [1.54, 1.807) is 7.11 Å². The lowest BCUT2D eigenvalue weighted by Crippen LogP contribution is -2.33. The Labute approximate surface area is 81.8 Å². The highest BCUT2D eigenvalue weighted by atomic mass is 16.5. The molecular weight excluding hydrogens is 166 g/mol. The van der Waals surface area contributed by atoms with Crippen molar-refractivity contribution in [2.75, 3.05) is 33.4 Å². The van der Waals surface area contributed by atoms with Gasteiger partial charge in [0.05, 0.1) is 19.3 Å². The second kappa shape index (κ2) is 8.48. The van der Waals surface area contributed by atoms with Crippen LogP contribution in [0.25, 0.3) is 0 Å². The molecule has 0 saturated carbocycles. The minimum absolute atomic E-state index is 0.301. The topological polar surface area (TPSA) is 30.5 Å². The number of methoxy groups -OCH3 is 1. The molecule has 0 rings (SSSR count). The molecule has 1 atom stereocenters. The lowest BCUT2D eigenvalue weighted by atomic mass is 10.1. The van der Waals surface area contributed by atoms with Crippen molar-refractivity contribution in [3.8, 4) is 0 Å². The Balaban J connectivity index is 3.54. The highest BCUT2D eigenvalue weighted by Crippen LogP contribution is 2.05. The largest absolute Gasteiger partial charge is 0.382 e. The van der Waals surface area contributed by atoms with Crippen molar-refractivity contribution in [3.63, 3.8) is 0 Å². The summed E-state index contributed by atoms with van der Waals surface area (Å²) in [6.07, 6.45) is 0.301. The molecule has 0 spiro atoms. The summed E-state index contributed by atoms with van der Waals surface area (Å²) in [6, 6.07) is 0. The molecule has 0 saturated heterocycles. The molecule has 0 aliphatic carbocycles. The molecule has 80 valence electrons. The number of nitrogens with one attached hydrogen (secondary N) is 1. The molecule has 13 heavy (non-hydrogen) atoms. The molecule has 0 fully saturated rings. The van der Waals surface area contributed by atoms with Crippen molar-refractivity contribution < 1.29 is 9.47 Å². The molecule has 3 heteroatoms. The van der Waals surface area contributed by atoms with Gasteiger partial charge in [0.25, 0.3) is 0 Å². The summed E-state index contributed by atoms with van der Waals surface area (Å²) in [5.41, 5.74) is 0. The first-order chi connectivity index (χ1) is 6.22. The predicted octanol–water partition coefficient (Wildman–Crippen LogP) is 1.28. The van der Waals surface area contributed by atoms with Crippen LogP contribution in [0.1, 0.15) is 20.8 Å². The number of ether oxygens (including phenoxy) is 2. The van der Waals surface area contributed by atoms with E-state index in [4.69, 9.17) is 9.47 Å². The summed E-state index contributed by atoms with van der Waals surface area (Å²) >= 11 is 0. The van der Waals surface area contributed by atoms with Gasteiger partial charge in [0.15, 0.2) is 0 Å². The molecule has 0 heterocycles. The first kappa shape index (κ1) is 12.9. The van der Waals surface area contributed by atoms with Crippen LogP contribution in [-0.4, -0.2) is 39.5 Å². The average molecular weight is 189 g/mol. The minimum Gasteiger partial charge on any atom is -0.382 e. The minimum atomic E-state index is 0.301. The monoisotopic (exact) mass is 189 g/mol. The van der Waals surface area contributed by atoms with Gasteiger partial charge in [0, 0.05) is 13.7 Å². The smallest absolute Gasteiger partial charge is 0.0723 e. The molecule has 1 unspecified atom stereocenters. The van der Waals surface area contributed by atoms with Gasteiger partial charge in [-0.15, -0.1) is 0 Å². The third kappa shape index (κ3) is 6.99. The van der Waals surface area contributed by atoms with Gasteiger partial charge in [-0.3, -0.25) is 0 Å². The predicted molar refractivity (Wildman–Crippen MR) is 55.0 cm³/mol. The zero-order valence-corrected chi connectivity index (χ0v) is 9.30. The summed E-state index contributed by atoms with van der Waals surface area (Å²) in [4.78, 5) is 0. The lowest BCUT2D eigenvalue weighted by molar-refractivity contribution is -0.00434. The first-order valence-corrected chi connectivity index (χ1v) is 5.03. The number of likely N-dealkylation sites (N-methyl/N-ethyl adjacent to an activating group) is 1. The van der Waals surface area contributed by atoms with E-state index in [1.165, 1.54) is 0 Å². The molecule has 0 amide bonds. The number of hydrogen-bond donors (Lipinski definition) is 1. The Kier molecular flexibility index (Phi) is 8.40. The molecule has 3 nitrogen and oxygen atoms in total.